The third kappa shape index (κ3) is 2.13. The van der Waals surface area contributed by atoms with Gasteiger partial charge in [0.05, 0.1) is 0 Å². The van der Waals surface area contributed by atoms with Crippen LogP contribution in [0.1, 0.15) is 0 Å². The van der Waals surface area contributed by atoms with Crippen LogP contribution >= 0.6 is 22.6 Å². The Kier molecular flexibility index (Phi) is 3.33. The zero-order chi connectivity index (χ0) is 11.5. The fourth-order valence-corrected chi connectivity index (χ4v) is 1.79. The molecule has 1 amide bonds. The van der Waals surface area contributed by atoms with Crippen LogP contribution in [-0.2, 0) is 4.74 Å². The molecule has 84 valence electrons. The Hall–Kier alpha value is -1.24. The molecule has 1 aliphatic rings. The smallest absolute Gasteiger partial charge is 0.418 e. The molecule has 0 aliphatic carbocycles. The lowest BCUT2D eigenvalue weighted by Crippen LogP contribution is -2.33. The van der Waals surface area contributed by atoms with Crippen LogP contribution in [0.2, 0.25) is 0 Å². The normalized spacial score (nSPS) is 22.4. The van der Waals surface area contributed by atoms with Gasteiger partial charge in [0.2, 0.25) is 6.23 Å². The van der Waals surface area contributed by atoms with Gasteiger partial charge in [-0.15, -0.1) is 0 Å². The topological polar surface area (TPSA) is 38.8 Å². The molecule has 0 aromatic heterocycles. The average molecular weight is 331 g/mol. The van der Waals surface area contributed by atoms with E-state index in [-0.39, 0.29) is 0 Å². The van der Waals surface area contributed by atoms with Crippen molar-refractivity contribution >= 4 is 28.7 Å². The first kappa shape index (κ1) is 11.3. The molecule has 0 saturated carbocycles. The molecule has 0 N–H and O–H groups in total. The molecule has 1 aliphatic heterocycles. The zero-order valence-corrected chi connectivity index (χ0v) is 10.7. The molecular weight excluding hydrogens is 321 g/mol. The van der Waals surface area contributed by atoms with Gasteiger partial charge in [-0.25, -0.2) is 4.79 Å². The van der Waals surface area contributed by atoms with Crippen molar-refractivity contribution in [2.75, 3.05) is 7.05 Å². The molecular formula is C11H10INO3. The molecule has 16 heavy (non-hydrogen) atoms. The van der Waals surface area contributed by atoms with Crippen LogP contribution in [0.15, 0.2) is 40.2 Å². The maximum Gasteiger partial charge on any atom is 0.418 e. The Morgan fingerprint density at radius 1 is 1.44 bits per heavy atom. The van der Waals surface area contributed by atoms with Crippen LogP contribution in [0.5, 0.6) is 5.75 Å². The van der Waals surface area contributed by atoms with Crippen molar-refractivity contribution in [1.82, 2.24) is 4.90 Å². The molecule has 1 unspecified atom stereocenters. The number of benzene rings is 1. The number of rotatable bonds is 2. The first-order valence-electron chi connectivity index (χ1n) is 4.69. The van der Waals surface area contributed by atoms with Crippen LogP contribution in [0.25, 0.3) is 0 Å². The first-order valence-corrected chi connectivity index (χ1v) is 5.93. The fraction of sp³-hybridized carbons (Fsp3) is 0.182. The highest BCUT2D eigenvalue weighted by Gasteiger charge is 2.36. The van der Waals surface area contributed by atoms with Gasteiger partial charge in [0.15, 0.2) is 5.76 Å². The monoisotopic (exact) mass is 331 g/mol. The van der Waals surface area contributed by atoms with Crippen molar-refractivity contribution in [3.8, 4) is 5.75 Å². The number of hydrogen-bond acceptors (Lipinski definition) is 3. The largest absolute Gasteiger partial charge is 0.463 e. The summed E-state index contributed by atoms with van der Waals surface area (Å²) in [6.45, 7) is 0. The molecule has 1 aromatic carbocycles. The summed E-state index contributed by atoms with van der Waals surface area (Å²) in [7, 11) is 1.64. The molecule has 5 heteroatoms. The summed E-state index contributed by atoms with van der Waals surface area (Å²) in [4.78, 5) is 12.7. The highest BCUT2D eigenvalue weighted by atomic mass is 127. The van der Waals surface area contributed by atoms with Crippen molar-refractivity contribution in [1.29, 1.82) is 0 Å². The van der Waals surface area contributed by atoms with Crippen molar-refractivity contribution in [2.45, 2.75) is 6.23 Å². The molecule has 1 heterocycles. The minimum Gasteiger partial charge on any atom is -0.463 e. The summed E-state index contributed by atoms with van der Waals surface area (Å²) in [5.74, 6) is 1.21. The Bertz CT molecular complexity index is 418. The lowest BCUT2D eigenvalue weighted by molar-refractivity contribution is 0.119. The molecule has 0 radical (unpaired) electrons. The zero-order valence-electron chi connectivity index (χ0n) is 8.59. The summed E-state index contributed by atoms with van der Waals surface area (Å²) in [6, 6.07) is 9.33. The number of para-hydroxylation sites is 1. The number of amides is 1. The number of halogens is 1. The number of ether oxygens (including phenoxy) is 2. The molecule has 0 spiro atoms. The van der Waals surface area contributed by atoms with Gasteiger partial charge < -0.3 is 9.47 Å². The Morgan fingerprint density at radius 3 is 2.75 bits per heavy atom. The van der Waals surface area contributed by atoms with Gasteiger partial charge in [0.1, 0.15) is 5.75 Å². The number of carbonyl (C=O) groups excluding carboxylic acids is 1. The lowest BCUT2D eigenvalue weighted by atomic mass is 10.3. The van der Waals surface area contributed by atoms with Gasteiger partial charge in [0, 0.05) is 11.1 Å². The number of hydrogen-bond donors (Lipinski definition) is 0. The molecule has 4 nitrogen and oxygen atoms in total. The van der Waals surface area contributed by atoms with E-state index >= 15 is 0 Å². The van der Waals surface area contributed by atoms with Gasteiger partial charge in [0.25, 0.3) is 0 Å². The molecule has 1 atom stereocenters. The lowest BCUT2D eigenvalue weighted by Gasteiger charge is -2.18. The molecule has 1 aromatic rings. The second kappa shape index (κ2) is 4.73. The third-order valence-electron chi connectivity index (χ3n) is 2.19. The minimum atomic E-state index is -0.480. The second-order valence-electron chi connectivity index (χ2n) is 3.27. The van der Waals surface area contributed by atoms with E-state index in [4.69, 9.17) is 9.47 Å². The van der Waals surface area contributed by atoms with Crippen LogP contribution < -0.4 is 4.74 Å². The van der Waals surface area contributed by atoms with E-state index < -0.39 is 12.3 Å². The van der Waals surface area contributed by atoms with Crippen LogP contribution in [0.3, 0.4) is 0 Å². The second-order valence-corrected chi connectivity index (χ2v) is 3.90. The van der Waals surface area contributed by atoms with E-state index in [9.17, 15) is 4.79 Å². The van der Waals surface area contributed by atoms with E-state index in [0.717, 1.165) is 0 Å². The standard InChI is InChI=1S/C11H10INO3/c1-13-10(9(7-12)16-11(13)14)15-8-5-3-2-4-6-8/h2-7,10H,1H3/b9-7-. The van der Waals surface area contributed by atoms with Crippen molar-refractivity contribution < 1.29 is 14.3 Å². The average Bonchev–Trinajstić information content (AvgIpc) is 2.58. The summed E-state index contributed by atoms with van der Waals surface area (Å²) in [6.07, 6.45) is -0.879. The highest BCUT2D eigenvalue weighted by molar-refractivity contribution is 14.1. The van der Waals surface area contributed by atoms with E-state index in [2.05, 4.69) is 0 Å². The van der Waals surface area contributed by atoms with E-state index in [1.54, 1.807) is 11.1 Å². The predicted octanol–water partition coefficient (Wildman–Crippen LogP) is 2.75. The molecule has 2 rings (SSSR count). The molecule has 1 saturated heterocycles. The molecule has 0 bridgehead atoms. The maximum atomic E-state index is 11.3. The quantitative estimate of drug-likeness (QED) is 0.783. The summed E-state index contributed by atoms with van der Waals surface area (Å²) >= 11 is 2.02. The number of cyclic esters (lactones) is 1. The molecule has 1 fully saturated rings. The van der Waals surface area contributed by atoms with Crippen LogP contribution in [0, 0.1) is 0 Å². The van der Waals surface area contributed by atoms with E-state index in [1.165, 1.54) is 4.90 Å². The van der Waals surface area contributed by atoms with Gasteiger partial charge in [-0.05, 0) is 34.7 Å². The Balaban J connectivity index is 2.18. The van der Waals surface area contributed by atoms with Gasteiger partial charge in [-0.1, -0.05) is 18.2 Å². The van der Waals surface area contributed by atoms with Crippen molar-refractivity contribution in [3.63, 3.8) is 0 Å². The van der Waals surface area contributed by atoms with Crippen molar-refractivity contribution in [2.24, 2.45) is 0 Å². The fourth-order valence-electron chi connectivity index (χ4n) is 1.35. The number of likely N-dealkylation sites (N-methyl/N-ethyl adjacent to an activating group) is 1. The SMILES string of the molecule is CN1C(=O)O/C(=C\I)C1Oc1ccccc1. The maximum absolute atomic E-state index is 11.3. The number of nitrogens with zero attached hydrogens (tertiary/aromatic N) is 1. The highest BCUT2D eigenvalue weighted by Crippen LogP contribution is 2.25. The van der Waals surface area contributed by atoms with Gasteiger partial charge in [-0.2, -0.15) is 0 Å². The minimum absolute atomic E-state index is 0.399. The van der Waals surface area contributed by atoms with Crippen LogP contribution in [0.4, 0.5) is 4.79 Å². The summed E-state index contributed by atoms with van der Waals surface area (Å²) < 4.78 is 12.4. The van der Waals surface area contributed by atoms with Crippen molar-refractivity contribution in [3.05, 3.63) is 40.2 Å². The van der Waals surface area contributed by atoms with Gasteiger partial charge >= 0.3 is 6.09 Å². The summed E-state index contributed by atoms with van der Waals surface area (Å²) in [5.41, 5.74) is 0. The number of carbonyl (C=O) groups is 1. The predicted molar refractivity (Wildman–Crippen MR) is 67.2 cm³/mol. The van der Waals surface area contributed by atoms with Crippen LogP contribution in [-0.4, -0.2) is 24.3 Å². The Labute approximate surface area is 107 Å². The Morgan fingerprint density at radius 2 is 2.12 bits per heavy atom. The third-order valence-corrected chi connectivity index (χ3v) is 2.80. The first-order chi connectivity index (χ1) is 7.72. The summed E-state index contributed by atoms with van der Waals surface area (Å²) in [5, 5.41) is 0. The van der Waals surface area contributed by atoms with E-state index in [1.807, 2.05) is 52.9 Å². The van der Waals surface area contributed by atoms with E-state index in [0.29, 0.717) is 11.5 Å². The van der Waals surface area contributed by atoms with Gasteiger partial charge in [-0.3, -0.25) is 4.90 Å².